The summed E-state index contributed by atoms with van der Waals surface area (Å²) in [7, 11) is 0. The Hall–Kier alpha value is -1.38. The van der Waals surface area contributed by atoms with Gasteiger partial charge in [-0.05, 0) is 17.5 Å². The van der Waals surface area contributed by atoms with Crippen molar-refractivity contribution in [2.24, 2.45) is 5.92 Å². The molecule has 3 rings (SSSR count). The van der Waals surface area contributed by atoms with Crippen molar-refractivity contribution in [3.63, 3.8) is 0 Å². The lowest BCUT2D eigenvalue weighted by Gasteiger charge is -2.29. The van der Waals surface area contributed by atoms with Crippen molar-refractivity contribution in [1.82, 2.24) is 0 Å². The molecule has 1 fully saturated rings. The number of unbranched alkanes of at least 4 members (excludes halogenated alkanes) is 13. The van der Waals surface area contributed by atoms with Gasteiger partial charge >= 0.3 is 0 Å². The van der Waals surface area contributed by atoms with E-state index in [1.165, 1.54) is 107 Å². The summed E-state index contributed by atoms with van der Waals surface area (Å²) in [5, 5.41) is 0. The Morgan fingerprint density at radius 2 is 1.06 bits per heavy atom. The van der Waals surface area contributed by atoms with Crippen LogP contribution in [0.2, 0.25) is 0 Å². The minimum Gasteiger partial charge on any atom is -0.348 e. The van der Waals surface area contributed by atoms with Crippen LogP contribution >= 0.6 is 0 Å². The first-order valence-corrected chi connectivity index (χ1v) is 13.6. The van der Waals surface area contributed by atoms with Crippen LogP contribution in [-0.4, -0.2) is 13.2 Å². The zero-order valence-electron chi connectivity index (χ0n) is 20.5. The second-order valence-electron chi connectivity index (χ2n) is 9.85. The fraction of sp³-hybridized carbons (Fsp3) is 0.667. The third-order valence-electron chi connectivity index (χ3n) is 7.00. The topological polar surface area (TPSA) is 18.5 Å². The van der Waals surface area contributed by atoms with Crippen LogP contribution < -0.4 is 0 Å². The van der Waals surface area contributed by atoms with Gasteiger partial charge < -0.3 is 9.47 Å². The van der Waals surface area contributed by atoms with Gasteiger partial charge in [-0.25, -0.2) is 0 Å². The standard InChI is InChI=1S/C30H46O2/c1-2-3-4-5-6-7-8-9-10-11-12-13-14-15-17-26-24-31-30(32-25-26)29-22-20-27-18-16-19-28(27)21-23-29/h16,18-23,26,30H,2-15,17,24-25H2,1H3. The van der Waals surface area contributed by atoms with Crippen LogP contribution in [0, 0.1) is 5.92 Å². The van der Waals surface area contributed by atoms with Crippen molar-refractivity contribution in [3.05, 3.63) is 48.0 Å². The number of rotatable bonds is 16. The quantitative estimate of drug-likeness (QED) is 0.243. The SMILES string of the molecule is CCCCCCCCCCCCCCCCC1COC(c2ccc3cccc-3cc2)OC1. The van der Waals surface area contributed by atoms with E-state index in [2.05, 4.69) is 49.4 Å². The Labute approximate surface area is 197 Å². The summed E-state index contributed by atoms with van der Waals surface area (Å²) in [5.41, 5.74) is 3.65. The van der Waals surface area contributed by atoms with Crippen LogP contribution in [0.3, 0.4) is 0 Å². The van der Waals surface area contributed by atoms with E-state index in [-0.39, 0.29) is 6.29 Å². The van der Waals surface area contributed by atoms with Crippen LogP contribution in [0.25, 0.3) is 11.1 Å². The van der Waals surface area contributed by atoms with Gasteiger partial charge in [0, 0.05) is 11.5 Å². The summed E-state index contributed by atoms with van der Waals surface area (Å²) >= 11 is 0. The molecule has 2 aliphatic carbocycles. The van der Waals surface area contributed by atoms with Crippen molar-refractivity contribution in [2.45, 2.75) is 110 Å². The molecule has 0 spiro atoms. The predicted octanol–water partition coefficient (Wildman–Crippen LogP) is 9.32. The van der Waals surface area contributed by atoms with E-state index >= 15 is 0 Å². The van der Waals surface area contributed by atoms with Crippen molar-refractivity contribution in [3.8, 4) is 11.1 Å². The molecule has 2 heteroatoms. The Morgan fingerprint density at radius 1 is 0.594 bits per heavy atom. The zero-order chi connectivity index (χ0) is 22.3. The molecule has 0 aromatic rings. The van der Waals surface area contributed by atoms with Crippen molar-refractivity contribution >= 4 is 0 Å². The van der Waals surface area contributed by atoms with Gasteiger partial charge in [0.2, 0.25) is 0 Å². The normalized spacial score (nSPS) is 18.9. The maximum atomic E-state index is 6.07. The molecule has 178 valence electrons. The van der Waals surface area contributed by atoms with Gasteiger partial charge in [-0.15, -0.1) is 0 Å². The highest BCUT2D eigenvalue weighted by Gasteiger charge is 2.23. The lowest BCUT2D eigenvalue weighted by Crippen LogP contribution is -2.26. The molecule has 0 unspecified atom stereocenters. The van der Waals surface area contributed by atoms with Crippen LogP contribution in [0.15, 0.2) is 42.5 Å². The average Bonchev–Trinajstić information content (AvgIpc) is 3.18. The Balaban J connectivity index is 1.15. The van der Waals surface area contributed by atoms with E-state index in [4.69, 9.17) is 9.47 Å². The first-order chi connectivity index (χ1) is 15.9. The zero-order valence-corrected chi connectivity index (χ0v) is 20.5. The molecule has 0 bridgehead atoms. The van der Waals surface area contributed by atoms with Gasteiger partial charge in [-0.3, -0.25) is 0 Å². The third-order valence-corrected chi connectivity index (χ3v) is 7.00. The maximum Gasteiger partial charge on any atom is 0.183 e. The molecule has 32 heavy (non-hydrogen) atoms. The summed E-state index contributed by atoms with van der Waals surface area (Å²) < 4.78 is 12.1. The van der Waals surface area contributed by atoms with Gasteiger partial charge in [-0.1, -0.05) is 139 Å². The van der Waals surface area contributed by atoms with E-state index in [0.29, 0.717) is 5.92 Å². The van der Waals surface area contributed by atoms with Crippen LogP contribution in [0.1, 0.15) is 115 Å². The number of hydrogen-bond donors (Lipinski definition) is 0. The van der Waals surface area contributed by atoms with Gasteiger partial charge in [0.1, 0.15) is 0 Å². The Bertz CT molecular complexity index is 658. The van der Waals surface area contributed by atoms with Gasteiger partial charge in [-0.2, -0.15) is 0 Å². The smallest absolute Gasteiger partial charge is 0.183 e. The second-order valence-corrected chi connectivity index (χ2v) is 9.85. The summed E-state index contributed by atoms with van der Waals surface area (Å²) in [6.07, 6.45) is 20.9. The molecule has 1 heterocycles. The van der Waals surface area contributed by atoms with Crippen LogP contribution in [0.5, 0.6) is 0 Å². The van der Waals surface area contributed by atoms with E-state index in [0.717, 1.165) is 18.8 Å². The Morgan fingerprint density at radius 3 is 1.56 bits per heavy atom. The van der Waals surface area contributed by atoms with E-state index in [9.17, 15) is 0 Å². The van der Waals surface area contributed by atoms with Gasteiger partial charge in [0.15, 0.2) is 6.29 Å². The monoisotopic (exact) mass is 438 g/mol. The van der Waals surface area contributed by atoms with Crippen molar-refractivity contribution in [1.29, 1.82) is 0 Å². The van der Waals surface area contributed by atoms with E-state index in [1.807, 2.05) is 0 Å². The number of ether oxygens (including phenoxy) is 2. The van der Waals surface area contributed by atoms with Crippen molar-refractivity contribution < 1.29 is 9.47 Å². The lowest BCUT2D eigenvalue weighted by molar-refractivity contribution is -0.206. The first kappa shape index (κ1) is 25.2. The summed E-state index contributed by atoms with van der Waals surface area (Å²) in [6, 6.07) is 15.0. The van der Waals surface area contributed by atoms with Crippen molar-refractivity contribution in [2.75, 3.05) is 13.2 Å². The molecular formula is C30H46O2. The molecular weight excluding hydrogens is 392 g/mol. The number of fused-ring (bicyclic) bond motifs is 1. The third kappa shape index (κ3) is 9.24. The number of hydrogen-bond acceptors (Lipinski definition) is 2. The minimum atomic E-state index is -0.209. The lowest BCUT2D eigenvalue weighted by atomic mass is 10.00. The largest absolute Gasteiger partial charge is 0.348 e. The van der Waals surface area contributed by atoms with Crippen LogP contribution in [0.4, 0.5) is 0 Å². The summed E-state index contributed by atoms with van der Waals surface area (Å²) in [4.78, 5) is 0. The Kier molecular flexibility index (Phi) is 12.2. The summed E-state index contributed by atoms with van der Waals surface area (Å²) in [5.74, 6) is 0.558. The molecule has 1 saturated heterocycles. The average molecular weight is 439 g/mol. The summed E-state index contributed by atoms with van der Waals surface area (Å²) in [6.45, 7) is 3.95. The highest BCUT2D eigenvalue weighted by molar-refractivity contribution is 5.65. The molecule has 0 saturated carbocycles. The second kappa shape index (κ2) is 15.5. The van der Waals surface area contributed by atoms with Gasteiger partial charge in [0.25, 0.3) is 0 Å². The molecule has 0 atom stereocenters. The highest BCUT2D eigenvalue weighted by Crippen LogP contribution is 2.29. The van der Waals surface area contributed by atoms with E-state index in [1.54, 1.807) is 0 Å². The molecule has 0 amide bonds. The molecule has 3 aliphatic rings. The molecule has 0 aromatic heterocycles. The molecule has 0 N–H and O–H groups in total. The fourth-order valence-electron chi connectivity index (χ4n) is 4.87. The molecule has 0 aromatic carbocycles. The minimum absolute atomic E-state index is 0.209. The first-order valence-electron chi connectivity index (χ1n) is 13.6. The molecule has 1 aliphatic heterocycles. The van der Waals surface area contributed by atoms with E-state index < -0.39 is 0 Å². The molecule has 2 nitrogen and oxygen atoms in total. The van der Waals surface area contributed by atoms with Crippen LogP contribution in [-0.2, 0) is 9.47 Å². The fourth-order valence-corrected chi connectivity index (χ4v) is 4.87. The highest BCUT2D eigenvalue weighted by atomic mass is 16.7. The molecule has 0 radical (unpaired) electrons. The predicted molar refractivity (Wildman–Crippen MR) is 136 cm³/mol. The maximum absolute atomic E-state index is 6.07. The van der Waals surface area contributed by atoms with Gasteiger partial charge in [0.05, 0.1) is 13.2 Å².